The van der Waals surface area contributed by atoms with Crippen molar-refractivity contribution in [2.45, 2.75) is 26.3 Å². The fourth-order valence-corrected chi connectivity index (χ4v) is 2.10. The maximum Gasteiger partial charge on any atom is 0.223 e. The monoisotopic (exact) mass is 227 g/mol. The van der Waals surface area contributed by atoms with Crippen LogP contribution in [0.4, 0.5) is 0 Å². The molecule has 1 amide bonds. The number of nitrogens with zero attached hydrogens (tertiary/aromatic N) is 2. The van der Waals surface area contributed by atoms with Gasteiger partial charge in [-0.3, -0.25) is 4.79 Å². The van der Waals surface area contributed by atoms with Crippen LogP contribution in [0.5, 0.6) is 0 Å². The molecule has 0 radical (unpaired) electrons. The standard InChI is InChI=1S/C12H25N3O/c1-10(2)9-15(4)12(16)7-11-8-13-5-6-14(11)3/h10-11,13H,5-9H2,1-4H3. The Kier molecular flexibility index (Phi) is 5.22. The van der Waals surface area contributed by atoms with Gasteiger partial charge in [0.15, 0.2) is 0 Å². The van der Waals surface area contributed by atoms with Crippen molar-refractivity contribution < 1.29 is 4.79 Å². The highest BCUT2D eigenvalue weighted by molar-refractivity contribution is 5.76. The van der Waals surface area contributed by atoms with Crippen LogP contribution in [-0.2, 0) is 4.79 Å². The first-order valence-corrected chi connectivity index (χ1v) is 6.15. The average molecular weight is 227 g/mol. The number of rotatable bonds is 4. The van der Waals surface area contributed by atoms with E-state index in [1.165, 1.54) is 0 Å². The molecule has 1 aliphatic rings. The van der Waals surface area contributed by atoms with E-state index in [-0.39, 0.29) is 5.91 Å². The normalized spacial score (nSPS) is 22.4. The molecular weight excluding hydrogens is 202 g/mol. The molecule has 0 aromatic carbocycles. The van der Waals surface area contributed by atoms with Crippen molar-refractivity contribution in [3.8, 4) is 0 Å². The average Bonchev–Trinajstić information content (AvgIpc) is 2.20. The Balaban J connectivity index is 2.37. The molecular formula is C12H25N3O. The van der Waals surface area contributed by atoms with Crippen LogP contribution >= 0.6 is 0 Å². The Bertz CT molecular complexity index is 230. The molecule has 1 unspecified atom stereocenters. The van der Waals surface area contributed by atoms with Crippen LogP contribution in [-0.4, -0.2) is 62.0 Å². The summed E-state index contributed by atoms with van der Waals surface area (Å²) in [6.45, 7) is 8.12. The van der Waals surface area contributed by atoms with Gasteiger partial charge in [0, 0.05) is 45.7 Å². The summed E-state index contributed by atoms with van der Waals surface area (Å²) in [6, 6.07) is 0.357. The second-order valence-electron chi connectivity index (χ2n) is 5.21. The van der Waals surface area contributed by atoms with Gasteiger partial charge in [-0.1, -0.05) is 13.8 Å². The Morgan fingerprint density at radius 3 is 2.81 bits per heavy atom. The summed E-state index contributed by atoms with van der Waals surface area (Å²) in [5, 5.41) is 3.34. The molecule has 1 N–H and O–H groups in total. The molecule has 1 aliphatic heterocycles. The molecule has 16 heavy (non-hydrogen) atoms. The Morgan fingerprint density at radius 1 is 1.56 bits per heavy atom. The first-order chi connectivity index (χ1) is 7.50. The highest BCUT2D eigenvalue weighted by Gasteiger charge is 2.23. The SMILES string of the molecule is CC(C)CN(C)C(=O)CC1CNCCN1C. The van der Waals surface area contributed by atoms with E-state index in [1.807, 2.05) is 11.9 Å². The van der Waals surface area contributed by atoms with E-state index in [4.69, 9.17) is 0 Å². The molecule has 0 spiro atoms. The number of likely N-dealkylation sites (N-methyl/N-ethyl adjacent to an activating group) is 1. The van der Waals surface area contributed by atoms with Crippen LogP contribution in [0.25, 0.3) is 0 Å². The van der Waals surface area contributed by atoms with Crippen molar-refractivity contribution in [1.82, 2.24) is 15.1 Å². The number of amides is 1. The maximum atomic E-state index is 12.0. The third kappa shape index (κ3) is 4.10. The summed E-state index contributed by atoms with van der Waals surface area (Å²) in [5.74, 6) is 0.797. The van der Waals surface area contributed by atoms with Crippen molar-refractivity contribution in [3.05, 3.63) is 0 Å². The molecule has 4 heteroatoms. The van der Waals surface area contributed by atoms with Crippen LogP contribution in [0.3, 0.4) is 0 Å². The number of carbonyl (C=O) groups is 1. The first kappa shape index (κ1) is 13.5. The fraction of sp³-hybridized carbons (Fsp3) is 0.917. The number of nitrogens with one attached hydrogen (secondary N) is 1. The van der Waals surface area contributed by atoms with E-state index in [1.54, 1.807) is 0 Å². The molecule has 1 fully saturated rings. The molecule has 1 rings (SSSR count). The molecule has 1 atom stereocenters. The minimum absolute atomic E-state index is 0.259. The molecule has 0 bridgehead atoms. The van der Waals surface area contributed by atoms with E-state index < -0.39 is 0 Å². The van der Waals surface area contributed by atoms with Gasteiger partial charge in [-0.15, -0.1) is 0 Å². The summed E-state index contributed by atoms with van der Waals surface area (Å²) < 4.78 is 0. The van der Waals surface area contributed by atoms with Crippen LogP contribution in [0, 0.1) is 5.92 Å². The van der Waals surface area contributed by atoms with Gasteiger partial charge in [-0.25, -0.2) is 0 Å². The molecule has 4 nitrogen and oxygen atoms in total. The molecule has 0 aromatic heterocycles. The van der Waals surface area contributed by atoms with Gasteiger partial charge >= 0.3 is 0 Å². The zero-order chi connectivity index (χ0) is 12.1. The van der Waals surface area contributed by atoms with E-state index in [9.17, 15) is 4.79 Å². The number of hydrogen-bond donors (Lipinski definition) is 1. The lowest BCUT2D eigenvalue weighted by atomic mass is 10.1. The van der Waals surface area contributed by atoms with Crippen molar-refractivity contribution in [1.29, 1.82) is 0 Å². The molecule has 0 saturated carbocycles. The third-order valence-corrected chi connectivity index (χ3v) is 3.12. The van der Waals surface area contributed by atoms with E-state index >= 15 is 0 Å². The topological polar surface area (TPSA) is 35.6 Å². The van der Waals surface area contributed by atoms with Crippen molar-refractivity contribution in [2.24, 2.45) is 5.92 Å². The van der Waals surface area contributed by atoms with Crippen molar-refractivity contribution in [2.75, 3.05) is 40.3 Å². The summed E-state index contributed by atoms with van der Waals surface area (Å²) in [7, 11) is 4.00. The predicted molar refractivity (Wildman–Crippen MR) is 66.4 cm³/mol. The van der Waals surface area contributed by atoms with Crippen molar-refractivity contribution in [3.63, 3.8) is 0 Å². The quantitative estimate of drug-likeness (QED) is 0.755. The van der Waals surface area contributed by atoms with Gasteiger partial charge in [0.05, 0.1) is 0 Å². The van der Waals surface area contributed by atoms with Crippen molar-refractivity contribution >= 4 is 5.91 Å². The summed E-state index contributed by atoms with van der Waals surface area (Å²) >= 11 is 0. The zero-order valence-corrected chi connectivity index (χ0v) is 11.0. The fourth-order valence-electron chi connectivity index (χ4n) is 2.10. The summed E-state index contributed by atoms with van der Waals surface area (Å²) in [5.41, 5.74) is 0. The van der Waals surface area contributed by atoms with E-state index in [0.29, 0.717) is 18.4 Å². The molecule has 0 aliphatic carbocycles. The number of piperazine rings is 1. The Morgan fingerprint density at radius 2 is 2.25 bits per heavy atom. The Hall–Kier alpha value is -0.610. The molecule has 1 saturated heterocycles. The summed E-state index contributed by atoms with van der Waals surface area (Å²) in [4.78, 5) is 16.1. The van der Waals surface area contributed by atoms with Gasteiger partial charge < -0.3 is 15.1 Å². The second kappa shape index (κ2) is 6.21. The van der Waals surface area contributed by atoms with Crippen LogP contribution in [0.15, 0.2) is 0 Å². The van der Waals surface area contributed by atoms with E-state index in [2.05, 4.69) is 31.1 Å². The van der Waals surface area contributed by atoms with Crippen LogP contribution in [0.2, 0.25) is 0 Å². The van der Waals surface area contributed by atoms with Gasteiger partial charge in [-0.05, 0) is 13.0 Å². The first-order valence-electron chi connectivity index (χ1n) is 6.15. The predicted octanol–water partition coefficient (Wildman–Crippen LogP) is 0.395. The van der Waals surface area contributed by atoms with Gasteiger partial charge in [0.25, 0.3) is 0 Å². The number of hydrogen-bond acceptors (Lipinski definition) is 3. The number of carbonyl (C=O) groups excluding carboxylic acids is 1. The third-order valence-electron chi connectivity index (χ3n) is 3.12. The smallest absolute Gasteiger partial charge is 0.223 e. The van der Waals surface area contributed by atoms with Gasteiger partial charge in [-0.2, -0.15) is 0 Å². The van der Waals surface area contributed by atoms with Gasteiger partial charge in [0.2, 0.25) is 5.91 Å². The van der Waals surface area contributed by atoms with Gasteiger partial charge in [0.1, 0.15) is 0 Å². The Labute approximate surface area is 99.0 Å². The summed E-state index contributed by atoms with van der Waals surface area (Å²) in [6.07, 6.45) is 0.632. The molecule has 0 aromatic rings. The molecule has 94 valence electrons. The van der Waals surface area contributed by atoms with Crippen LogP contribution in [0.1, 0.15) is 20.3 Å². The highest BCUT2D eigenvalue weighted by Crippen LogP contribution is 2.07. The highest BCUT2D eigenvalue weighted by atomic mass is 16.2. The zero-order valence-electron chi connectivity index (χ0n) is 11.0. The van der Waals surface area contributed by atoms with Crippen LogP contribution < -0.4 is 5.32 Å². The second-order valence-corrected chi connectivity index (χ2v) is 5.21. The molecule has 1 heterocycles. The lowest BCUT2D eigenvalue weighted by Crippen LogP contribution is -2.51. The lowest BCUT2D eigenvalue weighted by Gasteiger charge is -2.33. The largest absolute Gasteiger partial charge is 0.345 e. The maximum absolute atomic E-state index is 12.0. The minimum Gasteiger partial charge on any atom is -0.345 e. The minimum atomic E-state index is 0.259. The van der Waals surface area contributed by atoms with E-state index in [0.717, 1.165) is 26.2 Å². The lowest BCUT2D eigenvalue weighted by molar-refractivity contribution is -0.131.